The van der Waals surface area contributed by atoms with Crippen molar-refractivity contribution in [3.05, 3.63) is 59.7 Å². The van der Waals surface area contributed by atoms with E-state index in [1.807, 2.05) is 30.6 Å². The summed E-state index contributed by atoms with van der Waals surface area (Å²) in [5, 5.41) is 17.3. The van der Waals surface area contributed by atoms with Gasteiger partial charge in [0.1, 0.15) is 5.75 Å². The van der Waals surface area contributed by atoms with E-state index in [-0.39, 0.29) is 11.8 Å². The Labute approximate surface area is 158 Å². The first kappa shape index (κ1) is 17.4. The van der Waals surface area contributed by atoms with Gasteiger partial charge in [0.25, 0.3) is 0 Å². The molecule has 1 aliphatic carbocycles. The van der Waals surface area contributed by atoms with E-state index in [0.717, 1.165) is 35.7 Å². The van der Waals surface area contributed by atoms with E-state index < -0.39 is 0 Å². The van der Waals surface area contributed by atoms with Gasteiger partial charge in [0.15, 0.2) is 0 Å². The molecule has 0 saturated heterocycles. The number of aromatic nitrogens is 2. The summed E-state index contributed by atoms with van der Waals surface area (Å²) in [6, 6.07) is 11.0. The SMILES string of the molecule is O=C(NCCn1cnc2c1CCCC2)NCc1ccc2cc(O)ccc2c1. The van der Waals surface area contributed by atoms with Crippen LogP contribution in [0.4, 0.5) is 4.79 Å². The fourth-order valence-corrected chi connectivity index (χ4v) is 3.65. The number of carbonyl (C=O) groups is 1. The number of aryl methyl sites for hydroxylation is 1. The molecule has 4 rings (SSSR count). The van der Waals surface area contributed by atoms with Crippen LogP contribution in [-0.4, -0.2) is 27.2 Å². The molecule has 0 radical (unpaired) electrons. The highest BCUT2D eigenvalue weighted by Crippen LogP contribution is 2.21. The smallest absolute Gasteiger partial charge is 0.315 e. The molecule has 2 amide bonds. The van der Waals surface area contributed by atoms with Crippen molar-refractivity contribution in [3.63, 3.8) is 0 Å². The summed E-state index contributed by atoms with van der Waals surface area (Å²) in [5.74, 6) is 0.256. The third-order valence-corrected chi connectivity index (χ3v) is 5.09. The number of rotatable bonds is 5. The normalized spacial score (nSPS) is 13.3. The number of nitrogens with zero attached hydrogens (tertiary/aromatic N) is 2. The van der Waals surface area contributed by atoms with Crippen molar-refractivity contribution in [1.82, 2.24) is 20.2 Å². The number of hydrogen-bond acceptors (Lipinski definition) is 3. The second-order valence-electron chi connectivity index (χ2n) is 7.01. The Balaban J connectivity index is 1.26. The maximum Gasteiger partial charge on any atom is 0.315 e. The van der Waals surface area contributed by atoms with Crippen molar-refractivity contribution in [2.75, 3.05) is 6.54 Å². The molecule has 0 atom stereocenters. The van der Waals surface area contributed by atoms with Crippen molar-refractivity contribution in [2.45, 2.75) is 38.8 Å². The molecule has 0 aliphatic heterocycles. The number of urea groups is 1. The lowest BCUT2D eigenvalue weighted by Gasteiger charge is -2.14. The van der Waals surface area contributed by atoms with E-state index in [0.29, 0.717) is 13.1 Å². The third kappa shape index (κ3) is 4.05. The summed E-state index contributed by atoms with van der Waals surface area (Å²) in [7, 11) is 0. The Bertz CT molecular complexity index is 964. The molecule has 3 aromatic rings. The summed E-state index contributed by atoms with van der Waals surface area (Å²) in [4.78, 5) is 16.5. The molecule has 0 saturated carbocycles. The first-order chi connectivity index (χ1) is 13.2. The molecule has 140 valence electrons. The highest BCUT2D eigenvalue weighted by Gasteiger charge is 2.14. The van der Waals surface area contributed by atoms with Crippen LogP contribution in [0.15, 0.2) is 42.7 Å². The second kappa shape index (κ2) is 7.70. The fraction of sp³-hybridized carbons (Fsp3) is 0.333. The Morgan fingerprint density at radius 2 is 1.89 bits per heavy atom. The minimum Gasteiger partial charge on any atom is -0.508 e. The minimum absolute atomic E-state index is 0.171. The highest BCUT2D eigenvalue weighted by molar-refractivity contribution is 5.84. The molecule has 6 heteroatoms. The maximum atomic E-state index is 12.1. The van der Waals surface area contributed by atoms with Gasteiger partial charge >= 0.3 is 6.03 Å². The first-order valence-corrected chi connectivity index (χ1v) is 9.45. The van der Waals surface area contributed by atoms with Crippen LogP contribution in [0.3, 0.4) is 0 Å². The van der Waals surface area contributed by atoms with Gasteiger partial charge in [0, 0.05) is 25.3 Å². The molecule has 6 nitrogen and oxygen atoms in total. The van der Waals surface area contributed by atoms with Crippen LogP contribution in [0.1, 0.15) is 29.8 Å². The van der Waals surface area contributed by atoms with Gasteiger partial charge in [-0.3, -0.25) is 0 Å². The van der Waals surface area contributed by atoms with E-state index >= 15 is 0 Å². The number of carbonyl (C=O) groups excluding carboxylic acids is 1. The van der Waals surface area contributed by atoms with Crippen molar-refractivity contribution in [1.29, 1.82) is 0 Å². The number of phenolic OH excluding ortho intramolecular Hbond substituents is 1. The van der Waals surface area contributed by atoms with Crippen molar-refractivity contribution in [2.24, 2.45) is 0 Å². The zero-order valence-electron chi connectivity index (χ0n) is 15.2. The molecular formula is C21H24N4O2. The summed E-state index contributed by atoms with van der Waals surface area (Å²) >= 11 is 0. The number of aromatic hydroxyl groups is 1. The third-order valence-electron chi connectivity index (χ3n) is 5.09. The van der Waals surface area contributed by atoms with Crippen LogP contribution >= 0.6 is 0 Å². The molecule has 27 heavy (non-hydrogen) atoms. The number of imidazole rings is 1. The summed E-state index contributed by atoms with van der Waals surface area (Å²) in [6.45, 7) is 1.78. The second-order valence-corrected chi connectivity index (χ2v) is 7.01. The number of fused-ring (bicyclic) bond motifs is 2. The van der Waals surface area contributed by atoms with E-state index in [2.05, 4.69) is 20.2 Å². The highest BCUT2D eigenvalue weighted by atomic mass is 16.3. The largest absolute Gasteiger partial charge is 0.508 e. The molecular weight excluding hydrogens is 340 g/mol. The van der Waals surface area contributed by atoms with E-state index in [1.54, 1.807) is 12.1 Å². The average Bonchev–Trinajstić information content (AvgIpc) is 3.09. The lowest BCUT2D eigenvalue weighted by atomic mass is 10.0. The summed E-state index contributed by atoms with van der Waals surface area (Å²) in [5.41, 5.74) is 3.56. The molecule has 3 N–H and O–H groups in total. The lowest BCUT2D eigenvalue weighted by Crippen LogP contribution is -2.36. The Morgan fingerprint density at radius 3 is 2.81 bits per heavy atom. The molecule has 0 fully saturated rings. The van der Waals surface area contributed by atoms with Crippen molar-refractivity contribution >= 4 is 16.8 Å². The molecule has 1 heterocycles. The quantitative estimate of drug-likeness (QED) is 0.651. The molecule has 1 aliphatic rings. The van der Waals surface area contributed by atoms with Crippen LogP contribution in [-0.2, 0) is 25.9 Å². The van der Waals surface area contributed by atoms with Crippen LogP contribution in [0, 0.1) is 0 Å². The van der Waals surface area contributed by atoms with Gasteiger partial charge in [-0.1, -0.05) is 18.2 Å². The number of benzene rings is 2. The fourth-order valence-electron chi connectivity index (χ4n) is 3.65. The van der Waals surface area contributed by atoms with Crippen LogP contribution in [0.2, 0.25) is 0 Å². The van der Waals surface area contributed by atoms with E-state index in [1.165, 1.54) is 24.2 Å². The average molecular weight is 364 g/mol. The number of hydrogen-bond donors (Lipinski definition) is 3. The lowest BCUT2D eigenvalue weighted by molar-refractivity contribution is 0.240. The monoisotopic (exact) mass is 364 g/mol. The molecule has 0 unspecified atom stereocenters. The van der Waals surface area contributed by atoms with Gasteiger partial charge in [-0.25, -0.2) is 9.78 Å². The zero-order chi connectivity index (χ0) is 18.6. The predicted octanol–water partition coefficient (Wildman–Crippen LogP) is 3.12. The van der Waals surface area contributed by atoms with Gasteiger partial charge in [0.05, 0.1) is 12.0 Å². The van der Waals surface area contributed by atoms with Crippen molar-refractivity contribution < 1.29 is 9.90 Å². The Kier molecular flexibility index (Phi) is 4.96. The Morgan fingerprint density at radius 1 is 1.07 bits per heavy atom. The van der Waals surface area contributed by atoms with Crippen LogP contribution in [0.25, 0.3) is 10.8 Å². The Hall–Kier alpha value is -3.02. The van der Waals surface area contributed by atoms with Crippen LogP contribution < -0.4 is 10.6 Å². The first-order valence-electron chi connectivity index (χ1n) is 9.45. The minimum atomic E-state index is -0.171. The summed E-state index contributed by atoms with van der Waals surface area (Å²) in [6.07, 6.45) is 6.49. The van der Waals surface area contributed by atoms with Crippen LogP contribution in [0.5, 0.6) is 5.75 Å². The molecule has 0 bridgehead atoms. The molecule has 2 aromatic carbocycles. The zero-order valence-corrected chi connectivity index (χ0v) is 15.2. The van der Waals surface area contributed by atoms with Gasteiger partial charge in [-0.05, 0) is 60.2 Å². The van der Waals surface area contributed by atoms with E-state index in [9.17, 15) is 9.90 Å². The topological polar surface area (TPSA) is 79.2 Å². The molecule has 0 spiro atoms. The maximum absolute atomic E-state index is 12.1. The van der Waals surface area contributed by atoms with Gasteiger partial charge in [-0.2, -0.15) is 0 Å². The van der Waals surface area contributed by atoms with Gasteiger partial charge in [0.2, 0.25) is 0 Å². The summed E-state index contributed by atoms with van der Waals surface area (Å²) < 4.78 is 2.16. The number of phenols is 1. The van der Waals surface area contributed by atoms with Gasteiger partial charge < -0.3 is 20.3 Å². The van der Waals surface area contributed by atoms with Crippen molar-refractivity contribution in [3.8, 4) is 5.75 Å². The number of amides is 2. The molecule has 1 aromatic heterocycles. The van der Waals surface area contributed by atoms with E-state index in [4.69, 9.17) is 0 Å². The predicted molar refractivity (Wildman–Crippen MR) is 105 cm³/mol. The standard InChI is InChI=1S/C21H24N4O2/c26-18-8-7-16-11-15(5-6-17(16)12-18)13-23-21(27)22-9-10-25-14-24-19-3-1-2-4-20(19)25/h5-8,11-12,14,26H,1-4,9-10,13H2,(H2,22,23,27). The number of nitrogens with one attached hydrogen (secondary N) is 2. The van der Waals surface area contributed by atoms with Gasteiger partial charge in [-0.15, -0.1) is 0 Å².